The van der Waals surface area contributed by atoms with Crippen molar-refractivity contribution in [2.45, 2.75) is 40.2 Å². The molecular weight excluding hydrogens is 274 g/mol. The monoisotopic (exact) mass is 295 g/mol. The Morgan fingerprint density at radius 3 is 2.30 bits per heavy atom. The number of aromatic nitrogens is 2. The average molecular weight is 296 g/mol. The van der Waals surface area contributed by atoms with Crippen LogP contribution in [0.25, 0.3) is 11.4 Å². The van der Waals surface area contributed by atoms with Gasteiger partial charge in [-0.1, -0.05) is 57.1 Å². The highest BCUT2D eigenvalue weighted by atomic mass is 35.5. The Kier molecular flexibility index (Phi) is 5.31. The summed E-state index contributed by atoms with van der Waals surface area (Å²) >= 11 is 0. The highest BCUT2D eigenvalue weighted by Crippen LogP contribution is 2.30. The molecular formula is C15H22ClN3O. The second-order valence-electron chi connectivity index (χ2n) is 5.85. The molecule has 0 aliphatic heterocycles. The standard InChI is InChI=1S/C15H21N3O.ClH/c1-5-10-6-8-11(9-7-10)13-17-14(19-18-13)12(16)15(2,3)4;/h6-9,12H,5,16H2,1-4H3;1H/t12-;/m1./s1. The summed E-state index contributed by atoms with van der Waals surface area (Å²) in [5.74, 6) is 1.08. The van der Waals surface area contributed by atoms with E-state index in [1.165, 1.54) is 5.56 Å². The second kappa shape index (κ2) is 6.37. The number of benzene rings is 1. The van der Waals surface area contributed by atoms with E-state index in [4.69, 9.17) is 10.3 Å². The van der Waals surface area contributed by atoms with Crippen molar-refractivity contribution in [1.82, 2.24) is 10.1 Å². The van der Waals surface area contributed by atoms with Gasteiger partial charge < -0.3 is 10.3 Å². The van der Waals surface area contributed by atoms with Crippen LogP contribution in [0.2, 0.25) is 0 Å². The summed E-state index contributed by atoms with van der Waals surface area (Å²) in [6.45, 7) is 8.29. The van der Waals surface area contributed by atoms with Crippen LogP contribution in [0.1, 0.15) is 45.2 Å². The fourth-order valence-electron chi connectivity index (χ4n) is 1.74. The molecule has 5 heteroatoms. The number of aryl methyl sites for hydroxylation is 1. The normalized spacial score (nSPS) is 12.8. The lowest BCUT2D eigenvalue weighted by atomic mass is 9.87. The zero-order valence-corrected chi connectivity index (χ0v) is 13.2. The number of rotatable bonds is 3. The summed E-state index contributed by atoms with van der Waals surface area (Å²) in [5, 5.41) is 4.01. The summed E-state index contributed by atoms with van der Waals surface area (Å²) in [6.07, 6.45) is 1.02. The smallest absolute Gasteiger partial charge is 0.244 e. The van der Waals surface area contributed by atoms with Crippen LogP contribution < -0.4 is 5.73 Å². The highest BCUT2D eigenvalue weighted by molar-refractivity contribution is 5.85. The van der Waals surface area contributed by atoms with Gasteiger partial charge in [-0.15, -0.1) is 12.4 Å². The summed E-state index contributed by atoms with van der Waals surface area (Å²) < 4.78 is 5.28. The zero-order valence-electron chi connectivity index (χ0n) is 12.4. The third-order valence-electron chi connectivity index (χ3n) is 3.26. The number of halogens is 1. The topological polar surface area (TPSA) is 64.9 Å². The fourth-order valence-corrected chi connectivity index (χ4v) is 1.74. The van der Waals surface area contributed by atoms with Crippen molar-refractivity contribution < 1.29 is 4.52 Å². The van der Waals surface area contributed by atoms with Crippen LogP contribution in [0.3, 0.4) is 0 Å². The minimum Gasteiger partial charge on any atom is -0.337 e. The molecule has 1 aromatic heterocycles. The van der Waals surface area contributed by atoms with E-state index >= 15 is 0 Å². The minimum absolute atomic E-state index is 0. The summed E-state index contributed by atoms with van der Waals surface area (Å²) in [4.78, 5) is 4.40. The highest BCUT2D eigenvalue weighted by Gasteiger charge is 2.27. The molecule has 0 aliphatic rings. The van der Waals surface area contributed by atoms with Gasteiger partial charge in [0.1, 0.15) is 0 Å². The van der Waals surface area contributed by atoms with Crippen LogP contribution in [-0.4, -0.2) is 10.1 Å². The second-order valence-corrected chi connectivity index (χ2v) is 5.85. The lowest BCUT2D eigenvalue weighted by molar-refractivity contribution is 0.253. The zero-order chi connectivity index (χ0) is 14.0. The van der Waals surface area contributed by atoms with E-state index in [9.17, 15) is 0 Å². The van der Waals surface area contributed by atoms with Crippen LogP contribution in [-0.2, 0) is 6.42 Å². The van der Waals surface area contributed by atoms with Crippen molar-refractivity contribution in [2.75, 3.05) is 0 Å². The number of nitrogens with zero attached hydrogens (tertiary/aromatic N) is 2. The van der Waals surface area contributed by atoms with E-state index in [2.05, 4.69) is 50.0 Å². The molecule has 20 heavy (non-hydrogen) atoms. The lowest BCUT2D eigenvalue weighted by Crippen LogP contribution is -2.26. The van der Waals surface area contributed by atoms with Crippen molar-refractivity contribution in [3.05, 3.63) is 35.7 Å². The molecule has 0 spiro atoms. The first-order valence-electron chi connectivity index (χ1n) is 6.60. The molecule has 0 amide bonds. The molecule has 0 fully saturated rings. The molecule has 0 aliphatic carbocycles. The van der Waals surface area contributed by atoms with E-state index in [1.54, 1.807) is 0 Å². The Balaban J connectivity index is 0.00000200. The van der Waals surface area contributed by atoms with Crippen LogP contribution in [0.4, 0.5) is 0 Å². The molecule has 1 atom stereocenters. The van der Waals surface area contributed by atoms with E-state index in [1.807, 2.05) is 12.1 Å². The van der Waals surface area contributed by atoms with Crippen LogP contribution in [0.15, 0.2) is 28.8 Å². The molecule has 1 heterocycles. The average Bonchev–Trinajstić information content (AvgIpc) is 2.86. The largest absolute Gasteiger partial charge is 0.337 e. The molecule has 0 radical (unpaired) electrons. The van der Waals surface area contributed by atoms with Gasteiger partial charge in [0.15, 0.2) is 0 Å². The van der Waals surface area contributed by atoms with Gasteiger partial charge in [0, 0.05) is 5.56 Å². The maximum atomic E-state index is 6.11. The molecule has 0 saturated carbocycles. The van der Waals surface area contributed by atoms with Gasteiger partial charge in [-0.25, -0.2) is 0 Å². The van der Waals surface area contributed by atoms with E-state index < -0.39 is 0 Å². The van der Waals surface area contributed by atoms with Crippen molar-refractivity contribution in [1.29, 1.82) is 0 Å². The summed E-state index contributed by atoms with van der Waals surface area (Å²) in [6, 6.07) is 7.92. The number of hydrogen-bond acceptors (Lipinski definition) is 4. The molecule has 2 N–H and O–H groups in total. The number of hydrogen-bond donors (Lipinski definition) is 1. The Labute approximate surface area is 126 Å². The van der Waals surface area contributed by atoms with Gasteiger partial charge in [-0.05, 0) is 17.4 Å². The maximum Gasteiger partial charge on any atom is 0.244 e. The molecule has 2 aromatic rings. The fraction of sp³-hybridized carbons (Fsp3) is 0.467. The van der Waals surface area contributed by atoms with Crippen molar-refractivity contribution >= 4 is 12.4 Å². The summed E-state index contributed by atoms with van der Waals surface area (Å²) in [7, 11) is 0. The van der Waals surface area contributed by atoms with Gasteiger partial charge in [0.05, 0.1) is 6.04 Å². The molecule has 0 unspecified atom stereocenters. The van der Waals surface area contributed by atoms with Gasteiger partial charge in [-0.2, -0.15) is 4.98 Å². The van der Waals surface area contributed by atoms with Crippen molar-refractivity contribution in [3.63, 3.8) is 0 Å². The Hall–Kier alpha value is -1.39. The van der Waals surface area contributed by atoms with Gasteiger partial charge in [0.25, 0.3) is 0 Å². The molecule has 0 saturated heterocycles. The predicted molar refractivity (Wildman–Crippen MR) is 82.7 cm³/mol. The first kappa shape index (κ1) is 16.7. The Morgan fingerprint density at radius 2 is 1.80 bits per heavy atom. The van der Waals surface area contributed by atoms with Gasteiger partial charge in [-0.3, -0.25) is 0 Å². The number of nitrogens with two attached hydrogens (primary N) is 1. The molecule has 110 valence electrons. The molecule has 0 bridgehead atoms. The third kappa shape index (κ3) is 3.58. The molecule has 2 rings (SSSR count). The van der Waals surface area contributed by atoms with Gasteiger partial charge >= 0.3 is 0 Å². The van der Waals surface area contributed by atoms with Crippen molar-refractivity contribution in [3.8, 4) is 11.4 Å². The van der Waals surface area contributed by atoms with Gasteiger partial charge in [0.2, 0.25) is 11.7 Å². The van der Waals surface area contributed by atoms with E-state index in [-0.39, 0.29) is 23.9 Å². The summed E-state index contributed by atoms with van der Waals surface area (Å²) in [5.41, 5.74) is 8.25. The maximum absolute atomic E-state index is 6.11. The Bertz CT molecular complexity index is 543. The molecule has 1 aromatic carbocycles. The quantitative estimate of drug-likeness (QED) is 0.936. The van der Waals surface area contributed by atoms with Crippen LogP contribution in [0.5, 0.6) is 0 Å². The van der Waals surface area contributed by atoms with Crippen LogP contribution in [0, 0.1) is 5.41 Å². The first-order valence-corrected chi connectivity index (χ1v) is 6.60. The lowest BCUT2D eigenvalue weighted by Gasteiger charge is -2.23. The molecule has 4 nitrogen and oxygen atoms in total. The van der Waals surface area contributed by atoms with E-state index in [0.717, 1.165) is 12.0 Å². The SMILES string of the molecule is CCc1ccc(-c2noc([C@@H](N)C(C)(C)C)n2)cc1.Cl. The van der Waals surface area contributed by atoms with Crippen LogP contribution >= 0.6 is 12.4 Å². The third-order valence-corrected chi connectivity index (χ3v) is 3.26. The minimum atomic E-state index is -0.260. The first-order chi connectivity index (χ1) is 8.91. The van der Waals surface area contributed by atoms with Crippen molar-refractivity contribution in [2.24, 2.45) is 11.1 Å². The van der Waals surface area contributed by atoms with E-state index in [0.29, 0.717) is 11.7 Å². The predicted octanol–water partition coefficient (Wildman–Crippen LogP) is 3.77. The Morgan fingerprint density at radius 1 is 1.20 bits per heavy atom.